The molecule has 3 aromatic rings. The van der Waals surface area contributed by atoms with Gasteiger partial charge in [-0.3, -0.25) is 10.1 Å². The Morgan fingerprint density at radius 1 is 1.07 bits per heavy atom. The number of urea groups is 1. The van der Waals surface area contributed by atoms with Crippen LogP contribution in [0.15, 0.2) is 48.5 Å². The normalized spacial score (nSPS) is 17.7. The van der Waals surface area contributed by atoms with Gasteiger partial charge >= 0.3 is 6.03 Å². The number of anilines is 2. The largest absolute Gasteiger partial charge is 0.334 e. The lowest BCUT2D eigenvalue weighted by molar-refractivity contribution is 0.102. The van der Waals surface area contributed by atoms with Crippen LogP contribution in [-0.4, -0.2) is 42.9 Å². The number of nitrogens with one attached hydrogen (secondary N) is 3. The number of fused-ring (bicyclic) bond motifs is 1. The molecule has 1 fully saturated rings. The summed E-state index contributed by atoms with van der Waals surface area (Å²) in [5.41, 5.74) is 1.61. The average molecular weight is 431 g/mol. The van der Waals surface area contributed by atoms with Crippen molar-refractivity contribution in [3.05, 3.63) is 54.1 Å². The maximum Gasteiger partial charge on any atom is 0.319 e. The molecular formula is C19H18N4O4S2. The van der Waals surface area contributed by atoms with Gasteiger partial charge in [-0.25, -0.2) is 18.2 Å². The van der Waals surface area contributed by atoms with Crippen LogP contribution in [0.5, 0.6) is 0 Å². The van der Waals surface area contributed by atoms with Crippen LogP contribution in [0.25, 0.3) is 10.2 Å². The number of para-hydroxylation sites is 1. The molecule has 0 radical (unpaired) electrons. The molecule has 1 aromatic heterocycles. The number of hydrogen-bond acceptors (Lipinski definition) is 6. The third kappa shape index (κ3) is 4.72. The van der Waals surface area contributed by atoms with Gasteiger partial charge < -0.3 is 10.6 Å². The van der Waals surface area contributed by atoms with Gasteiger partial charge in [0.2, 0.25) is 0 Å². The van der Waals surface area contributed by atoms with E-state index in [0.29, 0.717) is 22.8 Å². The maximum absolute atomic E-state index is 12.5. The second kappa shape index (κ2) is 7.80. The predicted octanol–water partition coefficient (Wildman–Crippen LogP) is 2.86. The molecule has 0 aliphatic carbocycles. The van der Waals surface area contributed by atoms with Gasteiger partial charge in [-0.1, -0.05) is 29.5 Å². The first kappa shape index (κ1) is 19.3. The molecule has 0 saturated carbocycles. The van der Waals surface area contributed by atoms with Crippen LogP contribution in [0.1, 0.15) is 16.8 Å². The van der Waals surface area contributed by atoms with Gasteiger partial charge in [0.1, 0.15) is 0 Å². The molecule has 150 valence electrons. The summed E-state index contributed by atoms with van der Waals surface area (Å²) in [6, 6.07) is 13.2. The van der Waals surface area contributed by atoms with E-state index in [4.69, 9.17) is 0 Å². The molecule has 1 aliphatic rings. The highest BCUT2D eigenvalue weighted by molar-refractivity contribution is 7.91. The molecule has 0 spiro atoms. The summed E-state index contributed by atoms with van der Waals surface area (Å²) in [7, 11) is -3.07. The highest BCUT2D eigenvalue weighted by atomic mass is 32.2. The third-order valence-electron chi connectivity index (χ3n) is 4.46. The van der Waals surface area contributed by atoms with Crippen LogP contribution in [0.2, 0.25) is 0 Å². The molecule has 1 aliphatic heterocycles. The minimum Gasteiger partial charge on any atom is -0.334 e. The van der Waals surface area contributed by atoms with Crippen LogP contribution >= 0.6 is 11.3 Å². The number of aromatic nitrogens is 1. The van der Waals surface area contributed by atoms with Crippen molar-refractivity contribution in [1.82, 2.24) is 10.3 Å². The fourth-order valence-corrected chi connectivity index (χ4v) is 5.63. The molecule has 1 atom stereocenters. The van der Waals surface area contributed by atoms with Crippen LogP contribution in [0.4, 0.5) is 15.6 Å². The summed E-state index contributed by atoms with van der Waals surface area (Å²) in [6.07, 6.45) is 0.403. The number of hydrogen-bond donors (Lipinski definition) is 3. The Labute approximate surface area is 171 Å². The van der Waals surface area contributed by atoms with Crippen molar-refractivity contribution in [2.45, 2.75) is 12.5 Å². The Morgan fingerprint density at radius 3 is 2.66 bits per heavy atom. The first-order valence-electron chi connectivity index (χ1n) is 8.93. The number of carbonyl (C=O) groups excluding carboxylic acids is 2. The van der Waals surface area contributed by atoms with Crippen molar-refractivity contribution >= 4 is 54.1 Å². The first-order chi connectivity index (χ1) is 13.9. The van der Waals surface area contributed by atoms with E-state index in [1.54, 1.807) is 24.3 Å². The van der Waals surface area contributed by atoms with Gasteiger partial charge in [0, 0.05) is 17.3 Å². The fourth-order valence-electron chi connectivity index (χ4n) is 3.09. The Morgan fingerprint density at radius 2 is 1.90 bits per heavy atom. The van der Waals surface area contributed by atoms with Crippen LogP contribution < -0.4 is 16.0 Å². The Hall–Kier alpha value is -2.98. The van der Waals surface area contributed by atoms with Crippen molar-refractivity contribution in [2.75, 3.05) is 22.1 Å². The van der Waals surface area contributed by atoms with Crippen molar-refractivity contribution in [3.63, 3.8) is 0 Å². The predicted molar refractivity (Wildman–Crippen MR) is 113 cm³/mol. The standard InChI is InChI=1S/C19H18N4O4S2/c24-17(23-19-22-15-6-1-2-7-16(15)28-19)12-4-3-5-13(10-12)20-18(25)21-14-8-9-29(26,27)11-14/h1-7,10,14H,8-9,11H2,(H2,20,21,25)(H,22,23,24)/t14-/m0/s1. The summed E-state index contributed by atoms with van der Waals surface area (Å²) in [6.45, 7) is 0. The lowest BCUT2D eigenvalue weighted by Crippen LogP contribution is -2.38. The molecule has 8 nitrogen and oxygen atoms in total. The zero-order chi connectivity index (χ0) is 20.4. The number of benzene rings is 2. The molecular weight excluding hydrogens is 412 g/mol. The van der Waals surface area contributed by atoms with Gasteiger partial charge in [-0.2, -0.15) is 0 Å². The lowest BCUT2D eigenvalue weighted by atomic mass is 10.2. The zero-order valence-electron chi connectivity index (χ0n) is 15.2. The Balaban J connectivity index is 1.40. The SMILES string of the molecule is O=C(Nc1cccc(C(=O)Nc2nc3ccccc3s2)c1)N[C@H]1CCS(=O)(=O)C1. The van der Waals surface area contributed by atoms with Crippen molar-refractivity contribution < 1.29 is 18.0 Å². The minimum atomic E-state index is -3.07. The Kier molecular flexibility index (Phi) is 5.20. The summed E-state index contributed by atoms with van der Waals surface area (Å²) in [5.74, 6) is -0.306. The van der Waals surface area contributed by atoms with E-state index in [1.807, 2.05) is 24.3 Å². The van der Waals surface area contributed by atoms with Gasteiger partial charge in [-0.05, 0) is 36.8 Å². The van der Waals surface area contributed by atoms with Crippen LogP contribution in [0, 0.1) is 0 Å². The summed E-state index contributed by atoms with van der Waals surface area (Å²) in [4.78, 5) is 29.0. The topological polar surface area (TPSA) is 117 Å². The van der Waals surface area contributed by atoms with Crippen molar-refractivity contribution in [1.29, 1.82) is 0 Å². The van der Waals surface area contributed by atoms with Gasteiger partial charge in [0.25, 0.3) is 5.91 Å². The second-order valence-electron chi connectivity index (χ2n) is 6.72. The number of thiazole rings is 1. The number of amides is 3. The highest BCUT2D eigenvalue weighted by Crippen LogP contribution is 2.26. The van der Waals surface area contributed by atoms with E-state index in [9.17, 15) is 18.0 Å². The molecule has 2 heterocycles. The lowest BCUT2D eigenvalue weighted by Gasteiger charge is -2.12. The Bertz CT molecular complexity index is 1160. The van der Waals surface area contributed by atoms with Crippen LogP contribution in [-0.2, 0) is 9.84 Å². The second-order valence-corrected chi connectivity index (χ2v) is 9.98. The summed E-state index contributed by atoms with van der Waals surface area (Å²) >= 11 is 1.38. The first-order valence-corrected chi connectivity index (χ1v) is 11.6. The number of nitrogens with zero attached hydrogens (tertiary/aromatic N) is 1. The molecule has 1 saturated heterocycles. The molecule has 3 amide bonds. The van der Waals surface area contributed by atoms with E-state index >= 15 is 0 Å². The van der Waals surface area contributed by atoms with Gasteiger partial charge in [0.05, 0.1) is 21.7 Å². The number of rotatable bonds is 4. The molecule has 4 rings (SSSR count). The number of carbonyl (C=O) groups is 2. The molecule has 0 bridgehead atoms. The number of sulfone groups is 1. The molecule has 2 aromatic carbocycles. The van der Waals surface area contributed by atoms with E-state index in [1.165, 1.54) is 11.3 Å². The molecule has 3 N–H and O–H groups in total. The summed E-state index contributed by atoms with van der Waals surface area (Å²) < 4.78 is 24.0. The minimum absolute atomic E-state index is 0.0506. The molecule has 0 unspecified atom stereocenters. The van der Waals surface area contributed by atoms with Gasteiger partial charge in [-0.15, -0.1) is 0 Å². The van der Waals surface area contributed by atoms with E-state index in [-0.39, 0.29) is 17.4 Å². The van der Waals surface area contributed by atoms with E-state index in [2.05, 4.69) is 20.9 Å². The summed E-state index contributed by atoms with van der Waals surface area (Å²) in [5, 5.41) is 8.55. The fraction of sp³-hybridized carbons (Fsp3) is 0.211. The quantitative estimate of drug-likeness (QED) is 0.588. The van der Waals surface area contributed by atoms with Crippen LogP contribution in [0.3, 0.4) is 0 Å². The van der Waals surface area contributed by atoms with E-state index in [0.717, 1.165) is 10.2 Å². The highest BCUT2D eigenvalue weighted by Gasteiger charge is 2.28. The zero-order valence-corrected chi connectivity index (χ0v) is 16.8. The van der Waals surface area contributed by atoms with Crippen molar-refractivity contribution in [3.8, 4) is 0 Å². The third-order valence-corrected chi connectivity index (χ3v) is 7.18. The average Bonchev–Trinajstić information content (AvgIpc) is 3.23. The molecule has 29 heavy (non-hydrogen) atoms. The van der Waals surface area contributed by atoms with Gasteiger partial charge in [0.15, 0.2) is 15.0 Å². The van der Waals surface area contributed by atoms with E-state index < -0.39 is 21.9 Å². The monoisotopic (exact) mass is 430 g/mol. The maximum atomic E-state index is 12.5. The van der Waals surface area contributed by atoms with Crippen molar-refractivity contribution in [2.24, 2.45) is 0 Å². The molecule has 10 heteroatoms. The smallest absolute Gasteiger partial charge is 0.319 e.